The molecule has 0 unspecified atom stereocenters. The van der Waals surface area contributed by atoms with Gasteiger partial charge in [-0.3, -0.25) is 4.98 Å². The summed E-state index contributed by atoms with van der Waals surface area (Å²) in [5, 5.41) is 0. The summed E-state index contributed by atoms with van der Waals surface area (Å²) in [6, 6.07) is 3.97. The van der Waals surface area contributed by atoms with E-state index in [0.717, 1.165) is 18.6 Å². The molecule has 6 heteroatoms. The molecule has 0 N–H and O–H groups in total. The van der Waals surface area contributed by atoms with Gasteiger partial charge in [0.15, 0.2) is 0 Å². The van der Waals surface area contributed by atoms with Gasteiger partial charge in [0.2, 0.25) is 0 Å². The fourth-order valence-electron chi connectivity index (χ4n) is 3.19. The van der Waals surface area contributed by atoms with Crippen LogP contribution in [0.1, 0.15) is 12.0 Å². The maximum Gasteiger partial charge on any atom is 0.319 e. The quantitative estimate of drug-likeness (QED) is 0.843. The van der Waals surface area contributed by atoms with E-state index in [1.807, 2.05) is 17.0 Å². The molecule has 0 bridgehead atoms. The van der Waals surface area contributed by atoms with Crippen molar-refractivity contribution in [3.05, 3.63) is 30.1 Å². The van der Waals surface area contributed by atoms with Crippen LogP contribution in [0.5, 0.6) is 0 Å². The maximum absolute atomic E-state index is 11.9. The summed E-state index contributed by atoms with van der Waals surface area (Å²) in [6.45, 7) is 3.37. The Kier molecular flexibility index (Phi) is 4.31. The average molecular weight is 305 g/mol. The van der Waals surface area contributed by atoms with Gasteiger partial charge in [-0.05, 0) is 24.1 Å². The molecule has 3 heterocycles. The van der Waals surface area contributed by atoms with Gasteiger partial charge in [0, 0.05) is 39.0 Å². The van der Waals surface area contributed by atoms with Gasteiger partial charge in [-0.15, -0.1) is 0 Å². The summed E-state index contributed by atoms with van der Waals surface area (Å²) in [6.07, 6.45) is 4.55. The van der Waals surface area contributed by atoms with Crippen LogP contribution >= 0.6 is 0 Å². The van der Waals surface area contributed by atoms with E-state index >= 15 is 0 Å². The molecular weight excluding hydrogens is 282 g/mol. The SMILES string of the molecule is CN(C)C(=O)N1CC2(C1)OCC[C@H]2COCc1ccncc1. The largest absolute Gasteiger partial charge is 0.376 e. The number of hydrogen-bond donors (Lipinski definition) is 0. The van der Waals surface area contributed by atoms with Crippen LogP contribution in [-0.2, 0) is 16.1 Å². The Labute approximate surface area is 131 Å². The van der Waals surface area contributed by atoms with Crippen molar-refractivity contribution in [3.63, 3.8) is 0 Å². The monoisotopic (exact) mass is 305 g/mol. The fraction of sp³-hybridized carbons (Fsp3) is 0.625. The molecule has 0 aliphatic carbocycles. The Balaban J connectivity index is 1.49. The van der Waals surface area contributed by atoms with Crippen molar-refractivity contribution in [3.8, 4) is 0 Å². The number of aromatic nitrogens is 1. The summed E-state index contributed by atoms with van der Waals surface area (Å²) in [5.41, 5.74) is 0.935. The summed E-state index contributed by atoms with van der Waals surface area (Å²) in [7, 11) is 3.55. The van der Waals surface area contributed by atoms with Crippen molar-refractivity contribution in [2.45, 2.75) is 18.6 Å². The lowest BCUT2D eigenvalue weighted by Gasteiger charge is -2.50. The van der Waals surface area contributed by atoms with Crippen LogP contribution in [0.2, 0.25) is 0 Å². The van der Waals surface area contributed by atoms with E-state index in [9.17, 15) is 4.79 Å². The molecule has 2 aliphatic heterocycles. The number of rotatable bonds is 4. The van der Waals surface area contributed by atoms with Crippen molar-refractivity contribution < 1.29 is 14.3 Å². The van der Waals surface area contributed by atoms with E-state index in [4.69, 9.17) is 9.47 Å². The van der Waals surface area contributed by atoms with E-state index in [-0.39, 0.29) is 11.6 Å². The minimum Gasteiger partial charge on any atom is -0.376 e. The Morgan fingerprint density at radius 2 is 2.18 bits per heavy atom. The number of likely N-dealkylation sites (tertiary alicyclic amines) is 1. The molecule has 22 heavy (non-hydrogen) atoms. The van der Waals surface area contributed by atoms with Crippen LogP contribution in [0.15, 0.2) is 24.5 Å². The van der Waals surface area contributed by atoms with E-state index in [1.54, 1.807) is 31.4 Å². The second-order valence-corrected chi connectivity index (χ2v) is 6.30. The van der Waals surface area contributed by atoms with Crippen LogP contribution in [0.3, 0.4) is 0 Å². The van der Waals surface area contributed by atoms with Gasteiger partial charge >= 0.3 is 6.03 Å². The van der Waals surface area contributed by atoms with E-state index < -0.39 is 0 Å². The van der Waals surface area contributed by atoms with Gasteiger partial charge in [-0.25, -0.2) is 4.79 Å². The lowest BCUT2D eigenvalue weighted by atomic mass is 9.81. The third-order valence-electron chi connectivity index (χ3n) is 4.51. The number of hydrogen-bond acceptors (Lipinski definition) is 4. The lowest BCUT2D eigenvalue weighted by molar-refractivity contribution is -0.129. The Hall–Kier alpha value is -1.66. The Morgan fingerprint density at radius 3 is 2.86 bits per heavy atom. The molecule has 2 fully saturated rings. The number of amides is 2. The summed E-state index contributed by atoms with van der Waals surface area (Å²) in [5.74, 6) is 0.362. The number of nitrogens with zero attached hydrogens (tertiary/aromatic N) is 3. The van der Waals surface area contributed by atoms with E-state index in [0.29, 0.717) is 32.2 Å². The number of urea groups is 1. The van der Waals surface area contributed by atoms with Crippen molar-refractivity contribution in [1.29, 1.82) is 0 Å². The standard InChI is InChI=1S/C16H23N3O3/c1-18(2)15(20)19-11-16(12-19)14(5-8-22-16)10-21-9-13-3-6-17-7-4-13/h3-4,6-7,14H,5,8-12H2,1-2H3/t14-/m0/s1. The Bertz CT molecular complexity index is 515. The van der Waals surface area contributed by atoms with Crippen molar-refractivity contribution in [1.82, 2.24) is 14.8 Å². The molecule has 0 radical (unpaired) electrons. The minimum atomic E-state index is -0.191. The highest BCUT2D eigenvalue weighted by molar-refractivity contribution is 5.75. The second-order valence-electron chi connectivity index (χ2n) is 6.30. The van der Waals surface area contributed by atoms with Crippen LogP contribution in [0, 0.1) is 5.92 Å². The molecule has 2 aliphatic rings. The van der Waals surface area contributed by atoms with Crippen LogP contribution in [-0.4, -0.2) is 66.8 Å². The first-order valence-electron chi connectivity index (χ1n) is 7.67. The minimum absolute atomic E-state index is 0.0533. The third-order valence-corrected chi connectivity index (χ3v) is 4.51. The molecule has 2 saturated heterocycles. The van der Waals surface area contributed by atoms with Gasteiger partial charge in [0.25, 0.3) is 0 Å². The highest BCUT2D eigenvalue weighted by atomic mass is 16.5. The van der Waals surface area contributed by atoms with Crippen LogP contribution < -0.4 is 0 Å². The lowest BCUT2D eigenvalue weighted by Crippen LogP contribution is -2.67. The zero-order valence-corrected chi connectivity index (χ0v) is 13.2. The predicted octanol–water partition coefficient (Wildman–Crippen LogP) is 1.37. The zero-order valence-electron chi connectivity index (χ0n) is 13.2. The zero-order chi connectivity index (χ0) is 15.6. The molecule has 1 spiro atoms. The molecule has 6 nitrogen and oxygen atoms in total. The molecule has 1 aromatic heterocycles. The van der Waals surface area contributed by atoms with Gasteiger partial charge in [0.05, 0.1) is 26.3 Å². The molecular formula is C16H23N3O3. The topological polar surface area (TPSA) is 54.9 Å². The highest BCUT2D eigenvalue weighted by Crippen LogP contribution is 2.40. The number of ether oxygens (including phenoxy) is 2. The number of carbonyl (C=O) groups is 1. The second kappa shape index (κ2) is 6.22. The van der Waals surface area contributed by atoms with Gasteiger partial charge in [0.1, 0.15) is 5.60 Å². The van der Waals surface area contributed by atoms with E-state index in [1.165, 1.54) is 0 Å². The maximum atomic E-state index is 11.9. The summed E-state index contributed by atoms with van der Waals surface area (Å²) in [4.78, 5) is 19.4. The third kappa shape index (κ3) is 2.94. The molecule has 120 valence electrons. The van der Waals surface area contributed by atoms with E-state index in [2.05, 4.69) is 4.98 Å². The van der Waals surface area contributed by atoms with Crippen molar-refractivity contribution >= 4 is 6.03 Å². The fourth-order valence-corrected chi connectivity index (χ4v) is 3.19. The van der Waals surface area contributed by atoms with Crippen LogP contribution in [0.4, 0.5) is 4.79 Å². The van der Waals surface area contributed by atoms with Gasteiger partial charge in [-0.1, -0.05) is 0 Å². The number of carbonyl (C=O) groups excluding carboxylic acids is 1. The Morgan fingerprint density at radius 1 is 1.45 bits per heavy atom. The predicted molar refractivity (Wildman–Crippen MR) is 81.3 cm³/mol. The van der Waals surface area contributed by atoms with Crippen molar-refractivity contribution in [2.24, 2.45) is 5.92 Å². The molecule has 1 atom stereocenters. The normalized spacial score (nSPS) is 22.6. The molecule has 0 saturated carbocycles. The van der Waals surface area contributed by atoms with Gasteiger partial charge < -0.3 is 19.3 Å². The summed E-state index contributed by atoms with van der Waals surface area (Å²) >= 11 is 0. The summed E-state index contributed by atoms with van der Waals surface area (Å²) < 4.78 is 11.8. The van der Waals surface area contributed by atoms with Crippen molar-refractivity contribution in [2.75, 3.05) is 40.4 Å². The highest BCUT2D eigenvalue weighted by Gasteiger charge is 2.54. The average Bonchev–Trinajstić information content (AvgIpc) is 2.90. The van der Waals surface area contributed by atoms with Crippen LogP contribution in [0.25, 0.3) is 0 Å². The first-order valence-corrected chi connectivity index (χ1v) is 7.67. The number of pyridine rings is 1. The molecule has 1 aromatic rings. The first kappa shape index (κ1) is 15.2. The first-order chi connectivity index (χ1) is 10.6. The van der Waals surface area contributed by atoms with Gasteiger partial charge in [-0.2, -0.15) is 0 Å². The smallest absolute Gasteiger partial charge is 0.319 e. The molecule has 3 rings (SSSR count). The molecule has 2 amide bonds. The molecule has 0 aromatic carbocycles.